The number of hydrogen-bond acceptors (Lipinski definition) is 2. The number of unbranched alkanes of at least 4 members (excludes halogenated alkanes) is 1. The van der Waals surface area contributed by atoms with Crippen LogP contribution in [0.15, 0.2) is 0 Å². The summed E-state index contributed by atoms with van der Waals surface area (Å²) in [7, 11) is 0. The van der Waals surface area contributed by atoms with Crippen LogP contribution in [-0.2, 0) is 0 Å². The predicted octanol–water partition coefficient (Wildman–Crippen LogP) is 2.16. The van der Waals surface area contributed by atoms with E-state index in [2.05, 4.69) is 17.6 Å². The molecule has 0 radical (unpaired) electrons. The largest absolute Gasteiger partial charge is 0.389 e. The Labute approximate surface area is 95.0 Å². The SMILES string of the molecule is CC1CNCC1CNCCCCC(F)(F)F. The minimum Gasteiger partial charge on any atom is -0.316 e. The molecule has 2 nitrogen and oxygen atoms in total. The van der Waals surface area contributed by atoms with Crippen molar-refractivity contribution in [2.75, 3.05) is 26.2 Å². The summed E-state index contributed by atoms with van der Waals surface area (Å²) in [6, 6.07) is 0. The maximum absolute atomic E-state index is 11.8. The third-order valence-corrected chi connectivity index (χ3v) is 3.15. The lowest BCUT2D eigenvalue weighted by molar-refractivity contribution is -0.135. The maximum Gasteiger partial charge on any atom is 0.389 e. The Bertz CT molecular complexity index is 194. The Morgan fingerprint density at radius 3 is 2.56 bits per heavy atom. The van der Waals surface area contributed by atoms with Gasteiger partial charge in [0, 0.05) is 6.42 Å². The first-order valence-electron chi connectivity index (χ1n) is 5.97. The zero-order valence-corrected chi connectivity index (χ0v) is 9.74. The normalized spacial score (nSPS) is 26.2. The van der Waals surface area contributed by atoms with E-state index in [1.165, 1.54) is 0 Å². The molecule has 1 heterocycles. The maximum atomic E-state index is 11.8. The monoisotopic (exact) mass is 238 g/mol. The van der Waals surface area contributed by atoms with Gasteiger partial charge in [-0.2, -0.15) is 13.2 Å². The van der Waals surface area contributed by atoms with E-state index in [4.69, 9.17) is 0 Å². The highest BCUT2D eigenvalue weighted by Gasteiger charge is 2.26. The van der Waals surface area contributed by atoms with Crippen LogP contribution in [-0.4, -0.2) is 32.4 Å². The van der Waals surface area contributed by atoms with Gasteiger partial charge in [0.05, 0.1) is 0 Å². The molecule has 0 aliphatic carbocycles. The van der Waals surface area contributed by atoms with Gasteiger partial charge in [-0.1, -0.05) is 6.92 Å². The predicted molar refractivity (Wildman–Crippen MR) is 58.3 cm³/mol. The highest BCUT2D eigenvalue weighted by molar-refractivity contribution is 4.79. The van der Waals surface area contributed by atoms with Gasteiger partial charge in [-0.3, -0.25) is 0 Å². The smallest absolute Gasteiger partial charge is 0.316 e. The van der Waals surface area contributed by atoms with Crippen molar-refractivity contribution < 1.29 is 13.2 Å². The molecule has 1 aliphatic rings. The quantitative estimate of drug-likeness (QED) is 0.693. The Balaban J connectivity index is 1.92. The summed E-state index contributed by atoms with van der Waals surface area (Å²) in [6.45, 7) is 5.90. The minimum atomic E-state index is -4.00. The molecule has 1 saturated heterocycles. The molecular weight excluding hydrogens is 217 g/mol. The molecule has 0 spiro atoms. The van der Waals surface area contributed by atoms with Crippen molar-refractivity contribution in [1.29, 1.82) is 0 Å². The van der Waals surface area contributed by atoms with Crippen LogP contribution in [0.5, 0.6) is 0 Å². The van der Waals surface area contributed by atoms with Gasteiger partial charge in [0.1, 0.15) is 0 Å². The number of hydrogen-bond donors (Lipinski definition) is 2. The summed E-state index contributed by atoms with van der Waals surface area (Å²) in [5, 5.41) is 6.54. The zero-order chi connectivity index (χ0) is 12.0. The molecule has 0 amide bonds. The summed E-state index contributed by atoms with van der Waals surface area (Å²) in [5.74, 6) is 1.30. The summed E-state index contributed by atoms with van der Waals surface area (Å²) in [4.78, 5) is 0. The molecule has 1 aliphatic heterocycles. The molecule has 96 valence electrons. The molecule has 2 unspecified atom stereocenters. The van der Waals surface area contributed by atoms with Crippen LogP contribution in [0.4, 0.5) is 13.2 Å². The Morgan fingerprint density at radius 1 is 1.25 bits per heavy atom. The van der Waals surface area contributed by atoms with Crippen LogP contribution < -0.4 is 10.6 Å². The van der Waals surface area contributed by atoms with Gasteiger partial charge in [0.15, 0.2) is 0 Å². The number of nitrogens with one attached hydrogen (secondary N) is 2. The van der Waals surface area contributed by atoms with Crippen LogP contribution in [0.2, 0.25) is 0 Å². The topological polar surface area (TPSA) is 24.1 Å². The molecule has 2 atom stereocenters. The molecule has 0 aromatic carbocycles. The summed E-state index contributed by atoms with van der Waals surface area (Å²) in [5.41, 5.74) is 0. The Kier molecular flexibility index (Phi) is 5.55. The molecular formula is C11H21F3N2. The second kappa shape index (κ2) is 6.45. The standard InChI is InChI=1S/C11H21F3N2/c1-9-6-16-8-10(9)7-15-5-3-2-4-11(12,13)14/h9-10,15-16H,2-8H2,1H3. The van der Waals surface area contributed by atoms with E-state index in [0.717, 1.165) is 19.6 Å². The molecule has 1 fully saturated rings. The van der Waals surface area contributed by atoms with Crippen molar-refractivity contribution in [3.8, 4) is 0 Å². The highest BCUT2D eigenvalue weighted by Crippen LogP contribution is 2.21. The highest BCUT2D eigenvalue weighted by atomic mass is 19.4. The fourth-order valence-corrected chi connectivity index (χ4v) is 2.00. The molecule has 1 rings (SSSR count). The zero-order valence-electron chi connectivity index (χ0n) is 9.74. The molecule has 0 bridgehead atoms. The molecule has 5 heteroatoms. The minimum absolute atomic E-state index is 0.231. The van der Waals surface area contributed by atoms with Gasteiger partial charge >= 0.3 is 6.18 Å². The van der Waals surface area contributed by atoms with Gasteiger partial charge in [0.2, 0.25) is 0 Å². The van der Waals surface area contributed by atoms with Crippen molar-refractivity contribution in [3.05, 3.63) is 0 Å². The van der Waals surface area contributed by atoms with Crippen LogP contribution in [0.25, 0.3) is 0 Å². The van der Waals surface area contributed by atoms with Crippen LogP contribution in [0.3, 0.4) is 0 Å². The third-order valence-electron chi connectivity index (χ3n) is 3.15. The first kappa shape index (κ1) is 13.8. The van der Waals surface area contributed by atoms with Crippen molar-refractivity contribution in [1.82, 2.24) is 10.6 Å². The number of rotatable bonds is 6. The van der Waals surface area contributed by atoms with Gasteiger partial charge < -0.3 is 10.6 Å². The number of alkyl halides is 3. The second-order valence-corrected chi connectivity index (χ2v) is 4.67. The van der Waals surface area contributed by atoms with E-state index < -0.39 is 12.6 Å². The van der Waals surface area contributed by atoms with Crippen LogP contribution >= 0.6 is 0 Å². The summed E-state index contributed by atoms with van der Waals surface area (Å²) in [6.07, 6.45) is -3.82. The lowest BCUT2D eigenvalue weighted by Crippen LogP contribution is -2.27. The van der Waals surface area contributed by atoms with Gasteiger partial charge in [0.25, 0.3) is 0 Å². The van der Waals surface area contributed by atoms with Gasteiger partial charge in [-0.25, -0.2) is 0 Å². The molecule has 2 N–H and O–H groups in total. The van der Waals surface area contributed by atoms with Crippen molar-refractivity contribution in [2.45, 2.75) is 32.4 Å². The van der Waals surface area contributed by atoms with E-state index in [-0.39, 0.29) is 6.42 Å². The average molecular weight is 238 g/mol. The van der Waals surface area contributed by atoms with Crippen molar-refractivity contribution >= 4 is 0 Å². The van der Waals surface area contributed by atoms with E-state index in [0.29, 0.717) is 24.8 Å². The third kappa shape index (κ3) is 5.70. The van der Waals surface area contributed by atoms with Gasteiger partial charge in [-0.05, 0) is 50.9 Å². The van der Waals surface area contributed by atoms with Gasteiger partial charge in [-0.15, -0.1) is 0 Å². The van der Waals surface area contributed by atoms with Crippen LogP contribution in [0, 0.1) is 11.8 Å². The van der Waals surface area contributed by atoms with E-state index in [1.54, 1.807) is 0 Å². The molecule has 0 aromatic rings. The average Bonchev–Trinajstić information content (AvgIpc) is 2.56. The van der Waals surface area contributed by atoms with Crippen LogP contribution in [0.1, 0.15) is 26.2 Å². The molecule has 16 heavy (non-hydrogen) atoms. The van der Waals surface area contributed by atoms with E-state index in [1.807, 2.05) is 0 Å². The fourth-order valence-electron chi connectivity index (χ4n) is 2.00. The Hall–Kier alpha value is -0.290. The lowest BCUT2D eigenvalue weighted by atomic mass is 9.98. The van der Waals surface area contributed by atoms with E-state index >= 15 is 0 Å². The Morgan fingerprint density at radius 2 is 2.00 bits per heavy atom. The van der Waals surface area contributed by atoms with E-state index in [9.17, 15) is 13.2 Å². The second-order valence-electron chi connectivity index (χ2n) is 4.67. The summed E-state index contributed by atoms with van der Waals surface area (Å²) >= 11 is 0. The molecule has 0 aromatic heterocycles. The fraction of sp³-hybridized carbons (Fsp3) is 1.00. The first-order chi connectivity index (χ1) is 7.49. The first-order valence-corrected chi connectivity index (χ1v) is 5.97. The molecule has 0 saturated carbocycles. The lowest BCUT2D eigenvalue weighted by Gasteiger charge is -2.14. The van der Waals surface area contributed by atoms with Crippen molar-refractivity contribution in [3.63, 3.8) is 0 Å². The number of halogens is 3. The van der Waals surface area contributed by atoms with Crippen molar-refractivity contribution in [2.24, 2.45) is 11.8 Å². The summed E-state index contributed by atoms with van der Waals surface area (Å²) < 4.78 is 35.5.